The second-order valence-electron chi connectivity index (χ2n) is 14.4. The Kier molecular flexibility index (Phi) is 18.5. The molecule has 0 unspecified atom stereocenters. The van der Waals surface area contributed by atoms with Gasteiger partial charge in [0.1, 0.15) is 11.9 Å². The number of cyclic esters (lactones) is 1. The van der Waals surface area contributed by atoms with Gasteiger partial charge in [0.05, 0.1) is 48.6 Å². The van der Waals surface area contributed by atoms with E-state index in [1.54, 1.807) is 0 Å². The summed E-state index contributed by atoms with van der Waals surface area (Å²) in [5, 5.41) is 32.1. The Bertz CT molecular complexity index is 820. The van der Waals surface area contributed by atoms with E-state index in [-0.39, 0.29) is 48.2 Å². The van der Waals surface area contributed by atoms with Crippen LogP contribution in [0.3, 0.4) is 0 Å². The molecule has 0 aliphatic carbocycles. The van der Waals surface area contributed by atoms with Gasteiger partial charge in [-0.25, -0.2) is 0 Å². The van der Waals surface area contributed by atoms with Crippen LogP contribution in [-0.2, 0) is 23.8 Å². The number of rotatable bonds is 25. The standard InChI is InChI=1S/C37H66O8/c1-3-4-5-6-7-8-12-15-18-31(39)35-23-24-36(45-35)33(41)21-20-32(40)34-22-19-29(43-34)16-13-10-9-11-14-17-30-26-28(25-27(2)38)37(42)44-30/h28-36,39-41H,3-26H2,1-2H3/t28-,29-,30-,31-,32+,33-,34-,35-,36-/m1/s1. The molecule has 8 nitrogen and oxygen atoms in total. The molecule has 9 atom stereocenters. The molecule has 3 saturated heterocycles. The Morgan fingerprint density at radius 3 is 1.76 bits per heavy atom. The Labute approximate surface area is 273 Å². The van der Waals surface area contributed by atoms with E-state index < -0.39 is 18.3 Å². The summed E-state index contributed by atoms with van der Waals surface area (Å²) in [7, 11) is 0. The number of ketones is 1. The highest BCUT2D eigenvalue weighted by molar-refractivity contribution is 5.83. The van der Waals surface area contributed by atoms with Gasteiger partial charge in [-0.1, -0.05) is 84.0 Å². The number of Topliss-reactive ketones (excluding diaryl/α,β-unsaturated/α-hetero) is 1. The van der Waals surface area contributed by atoms with E-state index in [0.717, 1.165) is 89.9 Å². The number of aliphatic hydroxyl groups is 3. The van der Waals surface area contributed by atoms with Gasteiger partial charge < -0.3 is 34.3 Å². The molecule has 0 aromatic carbocycles. The van der Waals surface area contributed by atoms with Gasteiger partial charge in [-0.2, -0.15) is 0 Å². The van der Waals surface area contributed by atoms with Crippen molar-refractivity contribution < 1.29 is 39.1 Å². The predicted octanol–water partition coefficient (Wildman–Crippen LogP) is 7.12. The van der Waals surface area contributed by atoms with Crippen LogP contribution in [0.15, 0.2) is 0 Å². The summed E-state index contributed by atoms with van der Waals surface area (Å²) in [6, 6.07) is 0. The Morgan fingerprint density at radius 2 is 1.16 bits per heavy atom. The number of unbranched alkanes of at least 4 members (excludes halogenated alkanes) is 11. The lowest BCUT2D eigenvalue weighted by Gasteiger charge is -2.24. The van der Waals surface area contributed by atoms with E-state index in [1.165, 1.54) is 45.4 Å². The van der Waals surface area contributed by atoms with Crippen molar-refractivity contribution in [2.24, 2.45) is 5.92 Å². The maximum Gasteiger partial charge on any atom is 0.309 e. The Balaban J connectivity index is 1.16. The quantitative estimate of drug-likeness (QED) is 0.0714. The Hall–Kier alpha value is -1.06. The number of ether oxygens (including phenoxy) is 3. The first kappa shape index (κ1) is 38.4. The predicted molar refractivity (Wildman–Crippen MR) is 176 cm³/mol. The van der Waals surface area contributed by atoms with Gasteiger partial charge in [-0.15, -0.1) is 0 Å². The minimum atomic E-state index is -0.625. The third-order valence-electron chi connectivity index (χ3n) is 10.4. The molecule has 0 aromatic rings. The second kappa shape index (κ2) is 21.7. The molecule has 0 spiro atoms. The lowest BCUT2D eigenvalue weighted by Crippen LogP contribution is -2.33. The van der Waals surface area contributed by atoms with Gasteiger partial charge in [-0.05, 0) is 77.6 Å². The van der Waals surface area contributed by atoms with Crippen LogP contribution in [0, 0.1) is 5.92 Å². The molecule has 0 bridgehead atoms. The van der Waals surface area contributed by atoms with Crippen molar-refractivity contribution in [1.29, 1.82) is 0 Å². The zero-order chi connectivity index (χ0) is 32.4. The van der Waals surface area contributed by atoms with Crippen molar-refractivity contribution in [3.05, 3.63) is 0 Å². The first-order valence-corrected chi connectivity index (χ1v) is 18.8. The topological polar surface area (TPSA) is 123 Å². The SMILES string of the molecule is CCCCCCCCCC[C@@H](O)[C@H]1CC[C@H]([C@H](O)CC[C@H](O)[C@H]2CC[C@@H](CCCCCCC[C@@H]3C[C@@H](CC(C)=O)C(=O)O3)O2)O1. The molecule has 8 heteroatoms. The fourth-order valence-electron chi connectivity index (χ4n) is 7.56. The van der Waals surface area contributed by atoms with Crippen molar-refractivity contribution >= 4 is 11.8 Å². The number of hydrogen-bond donors (Lipinski definition) is 3. The monoisotopic (exact) mass is 638 g/mol. The molecule has 3 rings (SSSR count). The van der Waals surface area contributed by atoms with Crippen molar-refractivity contribution in [2.75, 3.05) is 0 Å². The van der Waals surface area contributed by atoms with Crippen LogP contribution in [0.4, 0.5) is 0 Å². The first-order chi connectivity index (χ1) is 21.8. The van der Waals surface area contributed by atoms with Crippen molar-refractivity contribution in [3.63, 3.8) is 0 Å². The normalized spacial score (nSPS) is 28.8. The molecular formula is C37H66O8. The van der Waals surface area contributed by atoms with Crippen LogP contribution in [0.1, 0.15) is 168 Å². The van der Waals surface area contributed by atoms with Crippen molar-refractivity contribution in [3.8, 4) is 0 Å². The van der Waals surface area contributed by atoms with E-state index in [4.69, 9.17) is 14.2 Å². The summed E-state index contributed by atoms with van der Waals surface area (Å²) in [5.74, 6) is -0.398. The van der Waals surface area contributed by atoms with Gasteiger partial charge in [0, 0.05) is 6.42 Å². The van der Waals surface area contributed by atoms with Crippen LogP contribution in [0.25, 0.3) is 0 Å². The highest BCUT2D eigenvalue weighted by Gasteiger charge is 2.36. The van der Waals surface area contributed by atoms with Crippen molar-refractivity contribution in [2.45, 2.75) is 217 Å². The number of esters is 1. The van der Waals surface area contributed by atoms with E-state index in [0.29, 0.717) is 25.7 Å². The van der Waals surface area contributed by atoms with Crippen LogP contribution >= 0.6 is 0 Å². The van der Waals surface area contributed by atoms with Gasteiger partial charge in [0.2, 0.25) is 0 Å². The highest BCUT2D eigenvalue weighted by Crippen LogP contribution is 2.31. The van der Waals surface area contributed by atoms with Gasteiger partial charge in [0.15, 0.2) is 0 Å². The molecule has 3 fully saturated rings. The van der Waals surface area contributed by atoms with E-state index >= 15 is 0 Å². The lowest BCUT2D eigenvalue weighted by molar-refractivity contribution is -0.145. The van der Waals surface area contributed by atoms with Crippen LogP contribution < -0.4 is 0 Å². The molecule has 3 aliphatic rings. The minimum Gasteiger partial charge on any atom is -0.462 e. The minimum absolute atomic E-state index is 0.0249. The number of carbonyl (C=O) groups excluding carboxylic acids is 2. The zero-order valence-electron chi connectivity index (χ0n) is 28.5. The molecule has 262 valence electrons. The average Bonchev–Trinajstić information content (AvgIpc) is 3.77. The van der Waals surface area contributed by atoms with Crippen LogP contribution in [0.2, 0.25) is 0 Å². The number of carbonyl (C=O) groups is 2. The van der Waals surface area contributed by atoms with Gasteiger partial charge >= 0.3 is 5.97 Å². The van der Waals surface area contributed by atoms with E-state index in [9.17, 15) is 24.9 Å². The first-order valence-electron chi connectivity index (χ1n) is 18.8. The molecule has 3 aliphatic heterocycles. The maximum atomic E-state index is 11.9. The van der Waals surface area contributed by atoms with Crippen LogP contribution in [0.5, 0.6) is 0 Å². The molecule has 0 aromatic heterocycles. The summed E-state index contributed by atoms with van der Waals surface area (Å²) in [5.41, 5.74) is 0. The molecule has 0 saturated carbocycles. The maximum absolute atomic E-state index is 11.9. The summed E-state index contributed by atoms with van der Waals surface area (Å²) in [6.45, 7) is 3.77. The summed E-state index contributed by atoms with van der Waals surface area (Å²) < 4.78 is 17.7. The smallest absolute Gasteiger partial charge is 0.309 e. The van der Waals surface area contributed by atoms with E-state index in [1.807, 2.05) is 0 Å². The van der Waals surface area contributed by atoms with Crippen LogP contribution in [-0.4, -0.2) is 75.9 Å². The summed E-state index contributed by atoms with van der Waals surface area (Å²) in [6.07, 6.45) is 21.5. The molecule has 0 amide bonds. The summed E-state index contributed by atoms with van der Waals surface area (Å²) in [4.78, 5) is 23.2. The highest BCUT2D eigenvalue weighted by atomic mass is 16.6. The fraction of sp³-hybridized carbons (Fsp3) is 0.946. The van der Waals surface area contributed by atoms with Gasteiger partial charge in [-0.3, -0.25) is 4.79 Å². The molecule has 3 N–H and O–H groups in total. The zero-order valence-corrected chi connectivity index (χ0v) is 28.5. The number of hydrogen-bond acceptors (Lipinski definition) is 8. The molecule has 3 heterocycles. The molecule has 45 heavy (non-hydrogen) atoms. The second-order valence-corrected chi connectivity index (χ2v) is 14.4. The average molecular weight is 639 g/mol. The third-order valence-corrected chi connectivity index (χ3v) is 10.4. The fourth-order valence-corrected chi connectivity index (χ4v) is 7.56. The van der Waals surface area contributed by atoms with Gasteiger partial charge in [0.25, 0.3) is 0 Å². The largest absolute Gasteiger partial charge is 0.462 e. The molecular weight excluding hydrogens is 572 g/mol. The van der Waals surface area contributed by atoms with Crippen molar-refractivity contribution in [1.82, 2.24) is 0 Å². The van der Waals surface area contributed by atoms with E-state index in [2.05, 4.69) is 6.92 Å². The lowest BCUT2D eigenvalue weighted by atomic mass is 9.96. The summed E-state index contributed by atoms with van der Waals surface area (Å²) >= 11 is 0. The third kappa shape index (κ3) is 14.7. The number of aliphatic hydroxyl groups excluding tert-OH is 3. The Morgan fingerprint density at radius 1 is 0.667 bits per heavy atom. The molecule has 0 radical (unpaired) electrons.